The van der Waals surface area contributed by atoms with Gasteiger partial charge in [0.05, 0.1) is 7.11 Å². The van der Waals surface area contributed by atoms with E-state index in [9.17, 15) is 14.4 Å². The van der Waals surface area contributed by atoms with Crippen molar-refractivity contribution in [1.29, 1.82) is 0 Å². The Hall–Kier alpha value is -2.03. The third-order valence-electron chi connectivity index (χ3n) is 2.55. The SMILES string of the molecule is COC(=O)OC[C@@H]1O[C@@H](OC(C)=O)[C@H]2OC(=O)O[C@@H]21. The highest BCUT2D eigenvalue weighted by Crippen LogP contribution is 2.32. The van der Waals surface area contributed by atoms with Crippen LogP contribution in [-0.2, 0) is 33.2 Å². The van der Waals surface area contributed by atoms with Crippen LogP contribution in [0.5, 0.6) is 0 Å². The van der Waals surface area contributed by atoms with Crippen LogP contribution in [0.1, 0.15) is 6.92 Å². The van der Waals surface area contributed by atoms with Gasteiger partial charge in [0.2, 0.25) is 12.4 Å². The molecule has 2 fully saturated rings. The van der Waals surface area contributed by atoms with E-state index in [1.165, 1.54) is 6.92 Å². The van der Waals surface area contributed by atoms with Crippen LogP contribution < -0.4 is 0 Å². The molecule has 0 unspecified atom stereocenters. The van der Waals surface area contributed by atoms with Gasteiger partial charge in [-0.25, -0.2) is 9.59 Å². The standard InChI is InChI=1S/C10H12O9/c1-4(11)16-8-7-6(18-10(13)19-7)5(17-8)3-15-9(12)14-2/h5-8H,3H2,1-2H3/t5-,6+,7-,8+/m0/s1. The van der Waals surface area contributed by atoms with Crippen molar-refractivity contribution < 1.29 is 42.8 Å². The van der Waals surface area contributed by atoms with Gasteiger partial charge in [-0.1, -0.05) is 0 Å². The van der Waals surface area contributed by atoms with Gasteiger partial charge in [0.25, 0.3) is 0 Å². The van der Waals surface area contributed by atoms with Gasteiger partial charge in [-0.15, -0.1) is 0 Å². The summed E-state index contributed by atoms with van der Waals surface area (Å²) in [5.41, 5.74) is 0. The minimum absolute atomic E-state index is 0.220. The summed E-state index contributed by atoms with van der Waals surface area (Å²) in [5, 5.41) is 0. The molecule has 106 valence electrons. The highest BCUT2D eigenvalue weighted by Gasteiger charge is 2.56. The van der Waals surface area contributed by atoms with Gasteiger partial charge in [-0.3, -0.25) is 4.79 Å². The van der Waals surface area contributed by atoms with Crippen LogP contribution in [0.2, 0.25) is 0 Å². The zero-order valence-corrected chi connectivity index (χ0v) is 10.2. The van der Waals surface area contributed by atoms with Crippen molar-refractivity contribution in [3.8, 4) is 0 Å². The summed E-state index contributed by atoms with van der Waals surface area (Å²) in [6.45, 7) is 0.969. The predicted molar refractivity (Wildman–Crippen MR) is 53.9 cm³/mol. The average molecular weight is 276 g/mol. The number of rotatable bonds is 3. The van der Waals surface area contributed by atoms with E-state index < -0.39 is 42.9 Å². The Balaban J connectivity index is 1.98. The molecule has 0 aromatic rings. The van der Waals surface area contributed by atoms with E-state index in [1.54, 1.807) is 0 Å². The lowest BCUT2D eigenvalue weighted by Gasteiger charge is -2.15. The molecule has 0 aromatic heterocycles. The maximum atomic E-state index is 11.1. The van der Waals surface area contributed by atoms with Gasteiger partial charge in [-0.05, 0) is 0 Å². The van der Waals surface area contributed by atoms with Crippen molar-refractivity contribution >= 4 is 18.3 Å². The molecular weight excluding hydrogens is 264 g/mol. The summed E-state index contributed by atoms with van der Waals surface area (Å²) in [6.07, 6.45) is -5.34. The molecule has 0 aliphatic carbocycles. The predicted octanol–water partition coefficient (Wildman–Crippen LogP) is -0.0386. The first kappa shape index (κ1) is 13.4. The first-order valence-electron chi connectivity index (χ1n) is 5.42. The highest BCUT2D eigenvalue weighted by atomic mass is 16.8. The molecule has 19 heavy (non-hydrogen) atoms. The number of esters is 1. The van der Waals surface area contributed by atoms with Crippen LogP contribution in [0.4, 0.5) is 9.59 Å². The van der Waals surface area contributed by atoms with Gasteiger partial charge in [0.1, 0.15) is 12.7 Å². The lowest BCUT2D eigenvalue weighted by molar-refractivity contribution is -0.189. The summed E-state index contributed by atoms with van der Waals surface area (Å²) in [6, 6.07) is 0. The third kappa shape index (κ3) is 2.87. The molecule has 2 rings (SSSR count). The van der Waals surface area contributed by atoms with Crippen LogP contribution in [-0.4, -0.2) is 56.6 Å². The number of methoxy groups -OCH3 is 1. The fourth-order valence-electron chi connectivity index (χ4n) is 1.81. The van der Waals surface area contributed by atoms with Crippen molar-refractivity contribution in [1.82, 2.24) is 0 Å². The molecule has 0 bridgehead atoms. The minimum Gasteiger partial charge on any atom is -0.438 e. The second-order valence-corrected chi connectivity index (χ2v) is 3.83. The number of carbonyl (C=O) groups is 3. The molecule has 0 N–H and O–H groups in total. The zero-order chi connectivity index (χ0) is 14.0. The maximum absolute atomic E-state index is 11.1. The van der Waals surface area contributed by atoms with E-state index >= 15 is 0 Å². The summed E-state index contributed by atoms with van der Waals surface area (Å²) >= 11 is 0. The third-order valence-corrected chi connectivity index (χ3v) is 2.55. The number of ether oxygens (including phenoxy) is 6. The van der Waals surface area contributed by atoms with Crippen LogP contribution in [0.3, 0.4) is 0 Å². The van der Waals surface area contributed by atoms with Crippen LogP contribution in [0.15, 0.2) is 0 Å². The first-order valence-corrected chi connectivity index (χ1v) is 5.42. The molecule has 0 radical (unpaired) electrons. The number of fused-ring (bicyclic) bond motifs is 1. The van der Waals surface area contributed by atoms with E-state index in [-0.39, 0.29) is 6.61 Å². The van der Waals surface area contributed by atoms with Crippen LogP contribution in [0, 0.1) is 0 Å². The molecule has 0 spiro atoms. The van der Waals surface area contributed by atoms with Crippen LogP contribution >= 0.6 is 0 Å². The Morgan fingerprint density at radius 2 is 1.95 bits per heavy atom. The summed E-state index contributed by atoms with van der Waals surface area (Å²) < 4.78 is 28.8. The molecule has 9 nitrogen and oxygen atoms in total. The molecular formula is C10H12O9. The van der Waals surface area contributed by atoms with E-state index in [2.05, 4.69) is 4.74 Å². The van der Waals surface area contributed by atoms with Gasteiger partial charge < -0.3 is 28.4 Å². The maximum Gasteiger partial charge on any atom is 0.509 e. The van der Waals surface area contributed by atoms with E-state index in [0.717, 1.165) is 7.11 Å². The molecule has 2 aliphatic heterocycles. The lowest BCUT2D eigenvalue weighted by atomic mass is 10.1. The molecule has 2 saturated heterocycles. The van der Waals surface area contributed by atoms with Crippen molar-refractivity contribution in [3.05, 3.63) is 0 Å². The highest BCUT2D eigenvalue weighted by molar-refractivity contribution is 5.67. The Bertz CT molecular complexity index is 392. The molecule has 2 aliphatic rings. The molecule has 0 amide bonds. The first-order chi connectivity index (χ1) is 9.01. The van der Waals surface area contributed by atoms with E-state index in [4.69, 9.17) is 23.7 Å². The molecule has 4 atom stereocenters. The minimum atomic E-state index is -1.08. The number of hydrogen-bond acceptors (Lipinski definition) is 9. The topological polar surface area (TPSA) is 107 Å². The lowest BCUT2D eigenvalue weighted by Crippen LogP contribution is -2.33. The number of hydrogen-bond donors (Lipinski definition) is 0. The fraction of sp³-hybridized carbons (Fsp3) is 0.700. The molecule has 0 aromatic carbocycles. The molecule has 2 heterocycles. The summed E-state index contributed by atoms with van der Waals surface area (Å²) in [5.74, 6) is -0.596. The summed E-state index contributed by atoms with van der Waals surface area (Å²) in [4.78, 5) is 32.8. The summed E-state index contributed by atoms with van der Waals surface area (Å²) in [7, 11) is 1.15. The van der Waals surface area contributed by atoms with Gasteiger partial charge in [0, 0.05) is 6.92 Å². The van der Waals surface area contributed by atoms with Gasteiger partial charge in [-0.2, -0.15) is 0 Å². The van der Waals surface area contributed by atoms with Crippen molar-refractivity contribution in [2.45, 2.75) is 31.5 Å². The Morgan fingerprint density at radius 1 is 1.26 bits per heavy atom. The Kier molecular flexibility index (Phi) is 3.74. The number of carbonyl (C=O) groups excluding carboxylic acids is 3. The van der Waals surface area contributed by atoms with Gasteiger partial charge >= 0.3 is 18.3 Å². The second kappa shape index (κ2) is 5.31. The Morgan fingerprint density at radius 3 is 2.58 bits per heavy atom. The van der Waals surface area contributed by atoms with Crippen LogP contribution in [0.25, 0.3) is 0 Å². The van der Waals surface area contributed by atoms with Crippen molar-refractivity contribution in [2.24, 2.45) is 0 Å². The van der Waals surface area contributed by atoms with Crippen molar-refractivity contribution in [3.63, 3.8) is 0 Å². The fourth-order valence-corrected chi connectivity index (χ4v) is 1.81. The Labute approximate surface area is 107 Å². The largest absolute Gasteiger partial charge is 0.509 e. The van der Waals surface area contributed by atoms with E-state index in [0.29, 0.717) is 0 Å². The van der Waals surface area contributed by atoms with Crippen molar-refractivity contribution in [2.75, 3.05) is 13.7 Å². The normalized spacial score (nSPS) is 32.0. The quantitative estimate of drug-likeness (QED) is 0.518. The average Bonchev–Trinajstić information content (AvgIpc) is 2.85. The van der Waals surface area contributed by atoms with Gasteiger partial charge in [0.15, 0.2) is 6.10 Å². The monoisotopic (exact) mass is 276 g/mol. The zero-order valence-electron chi connectivity index (χ0n) is 10.2. The molecule has 9 heteroatoms. The smallest absolute Gasteiger partial charge is 0.438 e. The molecule has 0 saturated carbocycles. The second-order valence-electron chi connectivity index (χ2n) is 3.83. The van der Waals surface area contributed by atoms with E-state index in [1.807, 2.05) is 0 Å².